The summed E-state index contributed by atoms with van der Waals surface area (Å²) in [5.41, 5.74) is 0. The molecule has 1 unspecified atom stereocenters. The van der Waals surface area contributed by atoms with Gasteiger partial charge in [-0.25, -0.2) is 0 Å². The molecular formula is C15H27N3O2. The first-order valence-electron chi connectivity index (χ1n) is 8.15. The summed E-state index contributed by atoms with van der Waals surface area (Å²) in [7, 11) is 0. The van der Waals surface area contributed by atoms with E-state index < -0.39 is 0 Å². The topological polar surface area (TPSA) is 44.8 Å². The Kier molecular flexibility index (Phi) is 4.91. The third-order valence-electron chi connectivity index (χ3n) is 4.90. The van der Waals surface area contributed by atoms with Gasteiger partial charge in [0, 0.05) is 32.7 Å². The zero-order valence-electron chi connectivity index (χ0n) is 12.4. The lowest BCUT2D eigenvalue weighted by molar-refractivity contribution is -0.134. The van der Waals surface area contributed by atoms with Crippen LogP contribution < -0.4 is 5.32 Å². The molecule has 1 amide bonds. The number of piperidine rings is 1. The van der Waals surface area contributed by atoms with Gasteiger partial charge >= 0.3 is 0 Å². The number of carbonyl (C=O) groups is 1. The van der Waals surface area contributed by atoms with Crippen LogP contribution in [0.4, 0.5) is 0 Å². The molecule has 114 valence electrons. The van der Waals surface area contributed by atoms with Crippen LogP contribution in [0.3, 0.4) is 0 Å². The monoisotopic (exact) mass is 281 g/mol. The standard InChI is InChI=1S/C15H27N3O2/c19-15(14-2-1-5-16-14)18-6-3-13(4-7-18)12-17-8-10-20-11-9-17/h13-14,16H,1-12H2. The molecule has 3 rings (SSSR count). The Bertz CT molecular complexity index is 317. The Morgan fingerprint density at radius 2 is 1.85 bits per heavy atom. The van der Waals surface area contributed by atoms with Gasteiger partial charge in [0.05, 0.1) is 19.3 Å². The lowest BCUT2D eigenvalue weighted by Crippen LogP contribution is -2.48. The first kappa shape index (κ1) is 14.3. The Hall–Kier alpha value is -0.650. The van der Waals surface area contributed by atoms with Crippen molar-refractivity contribution < 1.29 is 9.53 Å². The predicted octanol–water partition coefficient (Wildman–Crippen LogP) is 0.309. The fourth-order valence-corrected chi connectivity index (χ4v) is 3.60. The van der Waals surface area contributed by atoms with E-state index in [1.807, 2.05) is 0 Å². The molecule has 1 atom stereocenters. The number of ether oxygens (including phenoxy) is 1. The highest BCUT2D eigenvalue weighted by atomic mass is 16.5. The molecule has 5 nitrogen and oxygen atoms in total. The molecule has 1 N–H and O–H groups in total. The van der Waals surface area contributed by atoms with E-state index in [2.05, 4.69) is 15.1 Å². The average molecular weight is 281 g/mol. The molecule has 3 heterocycles. The van der Waals surface area contributed by atoms with Crippen molar-refractivity contribution in [1.82, 2.24) is 15.1 Å². The summed E-state index contributed by atoms with van der Waals surface area (Å²) < 4.78 is 5.39. The third kappa shape index (κ3) is 3.51. The summed E-state index contributed by atoms with van der Waals surface area (Å²) in [4.78, 5) is 16.9. The Balaban J connectivity index is 1.40. The second-order valence-electron chi connectivity index (χ2n) is 6.33. The van der Waals surface area contributed by atoms with Gasteiger partial charge < -0.3 is 15.0 Å². The molecule has 3 saturated heterocycles. The minimum Gasteiger partial charge on any atom is -0.379 e. The highest BCUT2D eigenvalue weighted by molar-refractivity contribution is 5.82. The molecule has 5 heteroatoms. The SMILES string of the molecule is O=C(C1CCCN1)N1CCC(CN2CCOCC2)CC1. The van der Waals surface area contributed by atoms with Crippen molar-refractivity contribution in [3.63, 3.8) is 0 Å². The van der Waals surface area contributed by atoms with Gasteiger partial charge in [-0.1, -0.05) is 0 Å². The maximum atomic E-state index is 12.3. The molecule has 0 spiro atoms. The third-order valence-corrected chi connectivity index (χ3v) is 4.90. The van der Waals surface area contributed by atoms with Crippen molar-refractivity contribution in [1.29, 1.82) is 0 Å². The summed E-state index contributed by atoms with van der Waals surface area (Å²) in [6.07, 6.45) is 4.49. The minimum absolute atomic E-state index is 0.103. The van der Waals surface area contributed by atoms with E-state index in [0.29, 0.717) is 5.91 Å². The van der Waals surface area contributed by atoms with Gasteiger partial charge in [0.2, 0.25) is 5.91 Å². The van der Waals surface area contributed by atoms with Crippen molar-refractivity contribution in [3.05, 3.63) is 0 Å². The summed E-state index contributed by atoms with van der Waals surface area (Å²) in [6, 6.07) is 0.103. The highest BCUT2D eigenvalue weighted by Gasteiger charge is 2.30. The van der Waals surface area contributed by atoms with E-state index in [-0.39, 0.29) is 6.04 Å². The lowest BCUT2D eigenvalue weighted by atomic mass is 9.95. The molecule has 3 aliphatic heterocycles. The van der Waals surface area contributed by atoms with Gasteiger partial charge in [-0.15, -0.1) is 0 Å². The van der Waals surface area contributed by atoms with Crippen LogP contribution in [0.5, 0.6) is 0 Å². The minimum atomic E-state index is 0.103. The maximum Gasteiger partial charge on any atom is 0.239 e. The number of morpholine rings is 1. The van der Waals surface area contributed by atoms with E-state index in [0.717, 1.165) is 77.5 Å². The van der Waals surface area contributed by atoms with E-state index in [9.17, 15) is 4.79 Å². The van der Waals surface area contributed by atoms with Crippen molar-refractivity contribution >= 4 is 5.91 Å². The van der Waals surface area contributed by atoms with E-state index in [1.54, 1.807) is 0 Å². The van der Waals surface area contributed by atoms with Crippen LogP contribution in [0.25, 0.3) is 0 Å². The summed E-state index contributed by atoms with van der Waals surface area (Å²) in [5, 5.41) is 3.32. The Morgan fingerprint density at radius 1 is 1.10 bits per heavy atom. The molecule has 0 bridgehead atoms. The number of nitrogens with one attached hydrogen (secondary N) is 1. The van der Waals surface area contributed by atoms with Crippen molar-refractivity contribution in [3.8, 4) is 0 Å². The normalized spacial score (nSPS) is 29.8. The Morgan fingerprint density at radius 3 is 2.50 bits per heavy atom. The number of hydrogen-bond donors (Lipinski definition) is 1. The van der Waals surface area contributed by atoms with Crippen LogP contribution in [-0.2, 0) is 9.53 Å². The fourth-order valence-electron chi connectivity index (χ4n) is 3.60. The number of hydrogen-bond acceptors (Lipinski definition) is 4. The van der Waals surface area contributed by atoms with Crippen molar-refractivity contribution in [2.45, 2.75) is 31.7 Å². The summed E-state index contributed by atoms with van der Waals surface area (Å²) in [6.45, 7) is 8.00. The number of nitrogens with zero attached hydrogens (tertiary/aromatic N) is 2. The molecule has 20 heavy (non-hydrogen) atoms. The largest absolute Gasteiger partial charge is 0.379 e. The molecule has 0 saturated carbocycles. The van der Waals surface area contributed by atoms with Gasteiger partial charge in [-0.3, -0.25) is 9.69 Å². The van der Waals surface area contributed by atoms with Gasteiger partial charge in [0.1, 0.15) is 0 Å². The second-order valence-corrected chi connectivity index (χ2v) is 6.33. The predicted molar refractivity (Wildman–Crippen MR) is 77.6 cm³/mol. The molecule has 3 aliphatic rings. The first-order chi connectivity index (χ1) is 9.83. The lowest BCUT2D eigenvalue weighted by Gasteiger charge is -2.36. The first-order valence-corrected chi connectivity index (χ1v) is 8.15. The molecule has 0 aromatic carbocycles. The fraction of sp³-hybridized carbons (Fsp3) is 0.933. The van der Waals surface area contributed by atoms with E-state index in [4.69, 9.17) is 4.74 Å². The summed E-state index contributed by atoms with van der Waals surface area (Å²) >= 11 is 0. The van der Waals surface area contributed by atoms with Crippen LogP contribution in [0.15, 0.2) is 0 Å². The maximum absolute atomic E-state index is 12.3. The van der Waals surface area contributed by atoms with E-state index >= 15 is 0 Å². The van der Waals surface area contributed by atoms with Gasteiger partial charge in [0.15, 0.2) is 0 Å². The number of rotatable bonds is 3. The summed E-state index contributed by atoms with van der Waals surface area (Å²) in [5.74, 6) is 1.10. The second kappa shape index (κ2) is 6.87. The smallest absolute Gasteiger partial charge is 0.239 e. The van der Waals surface area contributed by atoms with Gasteiger partial charge in [-0.05, 0) is 38.1 Å². The molecule has 0 aromatic rings. The zero-order valence-corrected chi connectivity index (χ0v) is 12.4. The van der Waals surface area contributed by atoms with Crippen LogP contribution in [0.2, 0.25) is 0 Å². The number of carbonyl (C=O) groups excluding carboxylic acids is 1. The van der Waals surface area contributed by atoms with Crippen LogP contribution in [0, 0.1) is 5.92 Å². The van der Waals surface area contributed by atoms with Gasteiger partial charge in [-0.2, -0.15) is 0 Å². The van der Waals surface area contributed by atoms with E-state index in [1.165, 1.54) is 6.54 Å². The average Bonchev–Trinajstić information content (AvgIpc) is 3.03. The van der Waals surface area contributed by atoms with Gasteiger partial charge in [0.25, 0.3) is 0 Å². The van der Waals surface area contributed by atoms with Crippen molar-refractivity contribution in [2.24, 2.45) is 5.92 Å². The Labute approximate surface area is 121 Å². The van der Waals surface area contributed by atoms with Crippen LogP contribution in [0.1, 0.15) is 25.7 Å². The number of amides is 1. The highest BCUT2D eigenvalue weighted by Crippen LogP contribution is 2.20. The number of likely N-dealkylation sites (tertiary alicyclic amines) is 1. The van der Waals surface area contributed by atoms with Crippen molar-refractivity contribution in [2.75, 3.05) is 52.5 Å². The molecule has 0 aliphatic carbocycles. The molecule has 0 radical (unpaired) electrons. The zero-order chi connectivity index (χ0) is 13.8. The van der Waals surface area contributed by atoms with Crippen LogP contribution in [-0.4, -0.2) is 74.2 Å². The molecule has 0 aromatic heterocycles. The quantitative estimate of drug-likeness (QED) is 0.809. The molecular weight excluding hydrogens is 254 g/mol. The molecule has 3 fully saturated rings. The van der Waals surface area contributed by atoms with Crippen LogP contribution >= 0.6 is 0 Å².